The van der Waals surface area contributed by atoms with Gasteiger partial charge in [0.05, 0.1) is 0 Å². The van der Waals surface area contributed by atoms with Crippen LogP contribution in [0.4, 0.5) is 0 Å². The normalized spacial score (nSPS) is 10.8. The predicted octanol–water partition coefficient (Wildman–Crippen LogP) is 2.45. The molecule has 1 N–H and O–H groups in total. The van der Waals surface area contributed by atoms with Crippen LogP contribution >= 0.6 is 11.3 Å². The van der Waals surface area contributed by atoms with Crippen LogP contribution < -0.4 is 5.32 Å². The second-order valence-electron chi connectivity index (χ2n) is 4.19. The zero-order valence-corrected chi connectivity index (χ0v) is 11.6. The van der Waals surface area contributed by atoms with Gasteiger partial charge in [0, 0.05) is 30.4 Å². The van der Waals surface area contributed by atoms with Gasteiger partial charge in [-0.25, -0.2) is 0 Å². The van der Waals surface area contributed by atoms with Gasteiger partial charge in [0.1, 0.15) is 10.0 Å². The maximum atomic E-state index is 4.28. The second-order valence-corrected chi connectivity index (χ2v) is 5.25. The van der Waals surface area contributed by atoms with Crippen LogP contribution in [-0.4, -0.2) is 28.3 Å². The molecule has 0 aliphatic heterocycles. The van der Waals surface area contributed by atoms with Crippen LogP contribution in [0.3, 0.4) is 0 Å². The molecule has 0 saturated heterocycles. The molecule has 2 aromatic heterocycles. The highest BCUT2D eigenvalue weighted by Gasteiger charge is 2.06. The molecular weight excluding hydrogens is 244 g/mol. The molecule has 0 saturated carbocycles. The van der Waals surface area contributed by atoms with Crippen LogP contribution in [0.25, 0.3) is 10.6 Å². The summed E-state index contributed by atoms with van der Waals surface area (Å²) in [4.78, 5) is 4.28. The van der Waals surface area contributed by atoms with E-state index in [-0.39, 0.29) is 0 Å². The van der Waals surface area contributed by atoms with Crippen molar-refractivity contribution in [3.05, 3.63) is 29.0 Å². The fourth-order valence-corrected chi connectivity index (χ4v) is 2.39. The van der Waals surface area contributed by atoms with E-state index >= 15 is 0 Å². The fourth-order valence-electron chi connectivity index (χ4n) is 1.56. The standard InChI is InChI=1S/C13H18N4S/c1-3-7-14-8-6-12-16-17-13(18-12)11-5-4-10(2)15-9-11/h4-5,9,14H,3,6-8H2,1-2H3. The number of pyridine rings is 1. The minimum absolute atomic E-state index is 0.941. The Labute approximate surface area is 111 Å². The summed E-state index contributed by atoms with van der Waals surface area (Å²) in [6.45, 7) is 6.18. The van der Waals surface area contributed by atoms with Crippen LogP contribution in [-0.2, 0) is 6.42 Å². The smallest absolute Gasteiger partial charge is 0.149 e. The first kappa shape index (κ1) is 13.1. The number of aromatic nitrogens is 3. The molecule has 2 aromatic rings. The van der Waals surface area contributed by atoms with Crippen LogP contribution in [0, 0.1) is 6.92 Å². The van der Waals surface area contributed by atoms with Crippen molar-refractivity contribution in [1.82, 2.24) is 20.5 Å². The third kappa shape index (κ3) is 3.58. The average molecular weight is 262 g/mol. The monoisotopic (exact) mass is 262 g/mol. The first-order valence-corrected chi connectivity index (χ1v) is 7.07. The fraction of sp³-hybridized carbons (Fsp3) is 0.462. The Hall–Kier alpha value is -1.33. The van der Waals surface area contributed by atoms with Gasteiger partial charge in [0.2, 0.25) is 0 Å². The second kappa shape index (κ2) is 6.56. The minimum atomic E-state index is 0.941. The van der Waals surface area contributed by atoms with Crippen molar-refractivity contribution < 1.29 is 0 Å². The van der Waals surface area contributed by atoms with Crippen molar-refractivity contribution in [3.8, 4) is 10.6 Å². The minimum Gasteiger partial charge on any atom is -0.316 e. The van der Waals surface area contributed by atoms with E-state index in [0.717, 1.165) is 47.2 Å². The molecule has 0 aromatic carbocycles. The van der Waals surface area contributed by atoms with E-state index in [9.17, 15) is 0 Å². The molecule has 0 aliphatic rings. The summed E-state index contributed by atoms with van der Waals surface area (Å²) in [5, 5.41) is 13.8. The number of hydrogen-bond acceptors (Lipinski definition) is 5. The lowest BCUT2D eigenvalue weighted by Gasteiger charge is -1.98. The molecule has 0 radical (unpaired) electrons. The lowest BCUT2D eigenvalue weighted by molar-refractivity contribution is 0.668. The molecule has 5 heteroatoms. The summed E-state index contributed by atoms with van der Waals surface area (Å²) in [5.74, 6) is 0. The van der Waals surface area contributed by atoms with Crippen molar-refractivity contribution in [2.75, 3.05) is 13.1 Å². The quantitative estimate of drug-likeness (QED) is 0.812. The van der Waals surface area contributed by atoms with E-state index in [1.54, 1.807) is 11.3 Å². The summed E-state index contributed by atoms with van der Waals surface area (Å²) in [7, 11) is 0. The maximum Gasteiger partial charge on any atom is 0.149 e. The van der Waals surface area contributed by atoms with Crippen LogP contribution in [0.15, 0.2) is 18.3 Å². The van der Waals surface area contributed by atoms with Crippen LogP contribution in [0.2, 0.25) is 0 Å². The molecule has 0 bridgehead atoms. The maximum absolute atomic E-state index is 4.28. The Balaban J connectivity index is 1.95. The Morgan fingerprint density at radius 3 is 2.83 bits per heavy atom. The first-order chi connectivity index (χ1) is 8.79. The van der Waals surface area contributed by atoms with Gasteiger partial charge in [0.25, 0.3) is 0 Å². The van der Waals surface area contributed by atoms with Gasteiger partial charge in [-0.2, -0.15) is 0 Å². The molecule has 0 amide bonds. The van der Waals surface area contributed by atoms with Crippen molar-refractivity contribution in [2.24, 2.45) is 0 Å². The summed E-state index contributed by atoms with van der Waals surface area (Å²) < 4.78 is 0. The topological polar surface area (TPSA) is 50.7 Å². The van der Waals surface area contributed by atoms with Crippen molar-refractivity contribution in [1.29, 1.82) is 0 Å². The summed E-state index contributed by atoms with van der Waals surface area (Å²) in [6.07, 6.45) is 3.96. The summed E-state index contributed by atoms with van der Waals surface area (Å²) in [6, 6.07) is 4.04. The predicted molar refractivity (Wildman–Crippen MR) is 74.7 cm³/mol. The number of aryl methyl sites for hydroxylation is 1. The number of nitrogens with one attached hydrogen (secondary N) is 1. The largest absolute Gasteiger partial charge is 0.316 e. The lowest BCUT2D eigenvalue weighted by Crippen LogP contribution is -2.17. The van der Waals surface area contributed by atoms with Gasteiger partial charge in [-0.15, -0.1) is 10.2 Å². The highest BCUT2D eigenvalue weighted by atomic mass is 32.1. The third-order valence-corrected chi connectivity index (χ3v) is 3.60. The third-order valence-electron chi connectivity index (χ3n) is 2.57. The number of rotatable bonds is 6. The van der Waals surface area contributed by atoms with E-state index in [2.05, 4.69) is 27.4 Å². The molecular formula is C13H18N4S. The Kier molecular flexibility index (Phi) is 4.78. The van der Waals surface area contributed by atoms with Crippen LogP contribution in [0.5, 0.6) is 0 Å². The van der Waals surface area contributed by atoms with E-state index in [1.807, 2.05) is 25.3 Å². The van der Waals surface area contributed by atoms with Crippen molar-refractivity contribution in [2.45, 2.75) is 26.7 Å². The molecule has 2 heterocycles. The highest BCUT2D eigenvalue weighted by molar-refractivity contribution is 7.14. The molecule has 0 atom stereocenters. The molecule has 0 spiro atoms. The molecule has 96 valence electrons. The SMILES string of the molecule is CCCNCCc1nnc(-c2ccc(C)nc2)s1. The van der Waals surface area contributed by atoms with Crippen molar-refractivity contribution in [3.63, 3.8) is 0 Å². The van der Waals surface area contributed by atoms with Gasteiger partial charge < -0.3 is 5.32 Å². The Bertz CT molecular complexity index is 478. The zero-order valence-electron chi connectivity index (χ0n) is 10.8. The Morgan fingerprint density at radius 1 is 1.22 bits per heavy atom. The number of nitrogens with zero attached hydrogens (tertiary/aromatic N) is 3. The van der Waals surface area contributed by atoms with Crippen molar-refractivity contribution >= 4 is 11.3 Å². The molecule has 0 aliphatic carbocycles. The summed E-state index contributed by atoms with van der Waals surface area (Å²) in [5.41, 5.74) is 2.07. The van der Waals surface area contributed by atoms with E-state index in [4.69, 9.17) is 0 Å². The first-order valence-electron chi connectivity index (χ1n) is 6.25. The molecule has 0 unspecified atom stereocenters. The molecule has 2 rings (SSSR count). The molecule has 18 heavy (non-hydrogen) atoms. The number of hydrogen-bond donors (Lipinski definition) is 1. The van der Waals surface area contributed by atoms with Crippen LogP contribution in [0.1, 0.15) is 24.0 Å². The molecule has 0 fully saturated rings. The van der Waals surface area contributed by atoms with Gasteiger partial charge in [-0.05, 0) is 32.0 Å². The van der Waals surface area contributed by atoms with E-state index < -0.39 is 0 Å². The van der Waals surface area contributed by atoms with Gasteiger partial charge in [0.15, 0.2) is 0 Å². The molecule has 4 nitrogen and oxygen atoms in total. The van der Waals surface area contributed by atoms with Gasteiger partial charge in [-0.3, -0.25) is 4.98 Å². The highest BCUT2D eigenvalue weighted by Crippen LogP contribution is 2.22. The van der Waals surface area contributed by atoms with Gasteiger partial charge in [-0.1, -0.05) is 18.3 Å². The summed E-state index contributed by atoms with van der Waals surface area (Å²) >= 11 is 1.65. The van der Waals surface area contributed by atoms with Gasteiger partial charge >= 0.3 is 0 Å². The van der Waals surface area contributed by atoms with E-state index in [1.165, 1.54) is 0 Å². The lowest BCUT2D eigenvalue weighted by atomic mass is 10.3. The van der Waals surface area contributed by atoms with E-state index in [0.29, 0.717) is 0 Å². The average Bonchev–Trinajstić information content (AvgIpc) is 2.84. The zero-order chi connectivity index (χ0) is 12.8. The Morgan fingerprint density at radius 2 is 2.11 bits per heavy atom.